The van der Waals surface area contributed by atoms with E-state index < -0.39 is 5.82 Å². The van der Waals surface area contributed by atoms with Crippen molar-refractivity contribution in [1.82, 2.24) is 0 Å². The lowest BCUT2D eigenvalue weighted by Crippen LogP contribution is -2.25. The first-order valence-electron chi connectivity index (χ1n) is 4.35. The number of carbonyl (C=O) groups excluding carboxylic acids is 2. The van der Waals surface area contributed by atoms with E-state index in [4.69, 9.17) is 0 Å². The van der Waals surface area contributed by atoms with Crippen molar-refractivity contribution in [3.8, 4) is 0 Å². The molecule has 0 saturated carbocycles. The minimum absolute atomic E-state index is 0.0304. The highest BCUT2D eigenvalue weighted by Crippen LogP contribution is 2.25. The van der Waals surface area contributed by atoms with Crippen LogP contribution in [0.25, 0.3) is 0 Å². The van der Waals surface area contributed by atoms with Crippen molar-refractivity contribution in [2.75, 3.05) is 11.4 Å². The first kappa shape index (κ1) is 10.3. The maximum Gasteiger partial charge on any atom is 0.235 e. The molecule has 0 atom stereocenters. The Bertz CT molecular complexity index is 447. The van der Waals surface area contributed by atoms with Crippen molar-refractivity contribution in [3.05, 3.63) is 28.5 Å². The number of amides is 1. The van der Waals surface area contributed by atoms with Gasteiger partial charge >= 0.3 is 0 Å². The van der Waals surface area contributed by atoms with Crippen LogP contribution >= 0.6 is 15.9 Å². The van der Waals surface area contributed by atoms with Crippen LogP contribution in [0.5, 0.6) is 0 Å². The Morgan fingerprint density at radius 3 is 2.60 bits per heavy atom. The zero-order valence-electron chi connectivity index (χ0n) is 7.67. The van der Waals surface area contributed by atoms with Crippen molar-refractivity contribution in [2.24, 2.45) is 0 Å². The summed E-state index contributed by atoms with van der Waals surface area (Å²) in [5.41, 5.74) is 0.161. The Morgan fingerprint density at radius 2 is 2.07 bits per heavy atom. The van der Waals surface area contributed by atoms with E-state index in [0.717, 1.165) is 0 Å². The van der Waals surface area contributed by atoms with Gasteiger partial charge < -0.3 is 4.90 Å². The zero-order valence-corrected chi connectivity index (χ0v) is 9.25. The van der Waals surface area contributed by atoms with E-state index >= 15 is 0 Å². The number of halogens is 2. The minimum Gasteiger partial charge on any atom is -0.302 e. The third-order valence-corrected chi connectivity index (χ3v) is 2.68. The Balaban J connectivity index is 2.38. The van der Waals surface area contributed by atoms with E-state index in [2.05, 4.69) is 15.9 Å². The standard InChI is InChI=1S/C10H7BrFNO2/c11-6-1-2-9(8(12)3-6)13-5-7(14)4-10(13)15/h1-3H,4-5H2. The second-order valence-electron chi connectivity index (χ2n) is 3.29. The normalized spacial score (nSPS) is 16.3. The van der Waals surface area contributed by atoms with Crippen molar-refractivity contribution < 1.29 is 14.0 Å². The molecule has 0 radical (unpaired) electrons. The quantitative estimate of drug-likeness (QED) is 0.732. The number of rotatable bonds is 1. The third kappa shape index (κ3) is 1.92. The molecule has 1 aromatic carbocycles. The fraction of sp³-hybridized carbons (Fsp3) is 0.200. The highest BCUT2D eigenvalue weighted by atomic mass is 79.9. The number of nitrogens with zero attached hydrogens (tertiary/aromatic N) is 1. The molecule has 1 aromatic rings. The minimum atomic E-state index is -0.507. The summed E-state index contributed by atoms with van der Waals surface area (Å²) in [6.07, 6.45) is -0.129. The van der Waals surface area contributed by atoms with E-state index in [-0.39, 0.29) is 30.3 Å². The van der Waals surface area contributed by atoms with Crippen molar-refractivity contribution in [1.29, 1.82) is 0 Å². The molecule has 0 unspecified atom stereocenters. The molecule has 1 aliphatic heterocycles. The van der Waals surface area contributed by atoms with Gasteiger partial charge in [0.15, 0.2) is 5.78 Å². The first-order chi connectivity index (χ1) is 7.08. The SMILES string of the molecule is O=C1CC(=O)N(c2ccc(Br)cc2F)C1. The van der Waals surface area contributed by atoms with Gasteiger partial charge in [-0.2, -0.15) is 0 Å². The molecule has 0 aromatic heterocycles. The molecule has 2 rings (SSSR count). The van der Waals surface area contributed by atoms with Gasteiger partial charge in [-0.15, -0.1) is 0 Å². The van der Waals surface area contributed by atoms with Crippen LogP contribution in [-0.4, -0.2) is 18.2 Å². The summed E-state index contributed by atoms with van der Waals surface area (Å²) in [7, 11) is 0. The number of hydrogen-bond donors (Lipinski definition) is 0. The predicted octanol–water partition coefficient (Wildman–Crippen LogP) is 1.89. The summed E-state index contributed by atoms with van der Waals surface area (Å²) >= 11 is 3.12. The summed E-state index contributed by atoms with van der Waals surface area (Å²) in [6, 6.07) is 4.38. The summed E-state index contributed by atoms with van der Waals surface area (Å²) in [6.45, 7) is -0.0304. The van der Waals surface area contributed by atoms with Crippen molar-refractivity contribution >= 4 is 33.3 Å². The maximum absolute atomic E-state index is 13.5. The Hall–Kier alpha value is -1.23. The first-order valence-corrected chi connectivity index (χ1v) is 5.14. The average molecular weight is 272 g/mol. The van der Waals surface area contributed by atoms with Crippen molar-refractivity contribution in [3.63, 3.8) is 0 Å². The van der Waals surface area contributed by atoms with Gasteiger partial charge in [0.05, 0.1) is 18.7 Å². The van der Waals surface area contributed by atoms with Crippen LogP contribution in [0.2, 0.25) is 0 Å². The molecule has 15 heavy (non-hydrogen) atoms. The van der Waals surface area contributed by atoms with Crippen LogP contribution in [0, 0.1) is 5.82 Å². The molecule has 1 saturated heterocycles. The Kier molecular flexibility index (Phi) is 2.56. The molecule has 1 amide bonds. The second-order valence-corrected chi connectivity index (χ2v) is 4.21. The predicted molar refractivity (Wildman–Crippen MR) is 56.1 cm³/mol. The number of anilines is 1. The number of ketones is 1. The van der Waals surface area contributed by atoms with E-state index in [1.165, 1.54) is 17.0 Å². The van der Waals surface area contributed by atoms with Crippen molar-refractivity contribution in [2.45, 2.75) is 6.42 Å². The lowest BCUT2D eigenvalue weighted by molar-refractivity contribution is -0.121. The number of hydrogen-bond acceptors (Lipinski definition) is 2. The van der Waals surface area contributed by atoms with Crippen LogP contribution in [0.15, 0.2) is 22.7 Å². The fourth-order valence-electron chi connectivity index (χ4n) is 1.50. The van der Waals surface area contributed by atoms with E-state index in [1.54, 1.807) is 6.07 Å². The van der Waals surface area contributed by atoms with Crippen LogP contribution in [0.1, 0.15) is 6.42 Å². The number of carbonyl (C=O) groups is 2. The molecule has 0 spiro atoms. The van der Waals surface area contributed by atoms with E-state index in [9.17, 15) is 14.0 Å². The van der Waals surface area contributed by atoms with Gasteiger partial charge in [0.25, 0.3) is 0 Å². The van der Waals surface area contributed by atoms with Crippen LogP contribution in [-0.2, 0) is 9.59 Å². The highest BCUT2D eigenvalue weighted by molar-refractivity contribution is 9.10. The third-order valence-electron chi connectivity index (χ3n) is 2.18. The summed E-state index contributed by atoms with van der Waals surface area (Å²) < 4.78 is 14.1. The molecule has 0 N–H and O–H groups in total. The Morgan fingerprint density at radius 1 is 1.33 bits per heavy atom. The second kappa shape index (κ2) is 3.73. The van der Waals surface area contributed by atoms with Gasteiger partial charge in [0.2, 0.25) is 5.91 Å². The lowest BCUT2D eigenvalue weighted by atomic mass is 10.3. The molecule has 0 bridgehead atoms. The van der Waals surface area contributed by atoms with Gasteiger partial charge in [-0.3, -0.25) is 9.59 Å². The monoisotopic (exact) mass is 271 g/mol. The summed E-state index contributed by atoms with van der Waals surface area (Å²) in [5.74, 6) is -1.03. The van der Waals surface area contributed by atoms with Gasteiger partial charge in [-0.25, -0.2) is 4.39 Å². The molecule has 5 heteroatoms. The lowest BCUT2D eigenvalue weighted by Gasteiger charge is -2.15. The maximum atomic E-state index is 13.5. The van der Waals surface area contributed by atoms with Gasteiger partial charge in [-0.1, -0.05) is 15.9 Å². The zero-order chi connectivity index (χ0) is 11.0. The molecule has 1 heterocycles. The fourth-order valence-corrected chi connectivity index (χ4v) is 1.84. The molecule has 78 valence electrons. The van der Waals surface area contributed by atoms with Crippen LogP contribution in [0.4, 0.5) is 10.1 Å². The van der Waals surface area contributed by atoms with Crippen LogP contribution in [0.3, 0.4) is 0 Å². The molecular weight excluding hydrogens is 265 g/mol. The summed E-state index contributed by atoms with van der Waals surface area (Å²) in [4.78, 5) is 23.5. The van der Waals surface area contributed by atoms with Gasteiger partial charge in [0.1, 0.15) is 5.82 Å². The molecule has 1 aliphatic rings. The van der Waals surface area contributed by atoms with E-state index in [0.29, 0.717) is 4.47 Å². The Labute approximate surface area is 94.0 Å². The number of benzene rings is 1. The largest absolute Gasteiger partial charge is 0.302 e. The van der Waals surface area contributed by atoms with Gasteiger partial charge in [-0.05, 0) is 18.2 Å². The van der Waals surface area contributed by atoms with Crippen LogP contribution < -0.4 is 4.90 Å². The molecular formula is C10H7BrFNO2. The molecule has 1 fully saturated rings. The van der Waals surface area contributed by atoms with E-state index in [1.807, 2.05) is 0 Å². The summed E-state index contributed by atoms with van der Waals surface area (Å²) in [5, 5.41) is 0. The van der Waals surface area contributed by atoms with Gasteiger partial charge in [0, 0.05) is 4.47 Å². The molecule has 3 nitrogen and oxygen atoms in total. The average Bonchev–Trinajstić information content (AvgIpc) is 2.45. The highest BCUT2D eigenvalue weighted by Gasteiger charge is 2.30. The molecule has 0 aliphatic carbocycles. The smallest absolute Gasteiger partial charge is 0.235 e. The topological polar surface area (TPSA) is 37.4 Å². The number of Topliss-reactive ketones (excluding diaryl/α,β-unsaturated/α-hetero) is 1.